The van der Waals surface area contributed by atoms with E-state index in [0.717, 1.165) is 38.7 Å². The van der Waals surface area contributed by atoms with Crippen LogP contribution in [-0.4, -0.2) is 30.2 Å². The second kappa shape index (κ2) is 10.1. The molecule has 3 heteroatoms. The molecule has 0 radical (unpaired) electrons. The van der Waals surface area contributed by atoms with Gasteiger partial charge in [0.25, 0.3) is 0 Å². The van der Waals surface area contributed by atoms with Gasteiger partial charge in [0.05, 0.1) is 12.7 Å². The first-order valence-corrected chi connectivity index (χ1v) is 5.94. The molecule has 0 heterocycles. The molecule has 1 saturated carbocycles. The lowest BCUT2D eigenvalue weighted by Gasteiger charge is -2.05. The quantitative estimate of drug-likeness (QED) is 0.733. The molecule has 0 saturated heterocycles. The van der Waals surface area contributed by atoms with Gasteiger partial charge in [-0.1, -0.05) is 13.3 Å². The lowest BCUT2D eigenvalue weighted by atomic mass is 10.00. The average molecular weight is 216 g/mol. The van der Waals surface area contributed by atoms with E-state index in [9.17, 15) is 4.79 Å². The maximum absolute atomic E-state index is 10.5. The third-order valence-corrected chi connectivity index (χ3v) is 2.12. The summed E-state index contributed by atoms with van der Waals surface area (Å²) in [4.78, 5) is 10.5. The summed E-state index contributed by atoms with van der Waals surface area (Å²) >= 11 is 0. The summed E-state index contributed by atoms with van der Waals surface area (Å²) < 4.78 is 4.99. The van der Waals surface area contributed by atoms with Crippen LogP contribution < -0.4 is 0 Å². The van der Waals surface area contributed by atoms with Gasteiger partial charge in [0.15, 0.2) is 0 Å². The topological polar surface area (TPSA) is 46.5 Å². The fraction of sp³-hybridized carbons (Fsp3) is 0.917. The van der Waals surface area contributed by atoms with Crippen molar-refractivity contribution in [3.05, 3.63) is 0 Å². The summed E-state index contributed by atoms with van der Waals surface area (Å²) in [5.41, 5.74) is 0. The van der Waals surface area contributed by atoms with Crippen LogP contribution in [0.1, 0.15) is 52.4 Å². The number of carbonyl (C=O) groups excluding carboxylic acids is 1. The number of aliphatic hydroxyl groups excluding tert-OH is 1. The van der Waals surface area contributed by atoms with Gasteiger partial charge in [-0.15, -0.1) is 0 Å². The molecule has 15 heavy (non-hydrogen) atoms. The predicted octanol–water partition coefficient (Wildman–Crippen LogP) is 2.31. The second-order valence-corrected chi connectivity index (χ2v) is 4.02. The first kappa shape index (κ1) is 14.6. The maximum Gasteiger partial charge on any atom is 0.132 e. The minimum absolute atomic E-state index is 0.318. The third kappa shape index (κ3) is 11.5. The van der Waals surface area contributed by atoms with Crippen LogP contribution in [0.25, 0.3) is 0 Å². The number of ether oxygens (including phenoxy) is 1. The standard InChI is InChI=1S/C6H14O2.C6H10O/c1-3-4-8-5-6(2)7;7-6-4-2-1-3-5-6/h6-7H,3-5H2,1-2H3;1-5H2. The Hall–Kier alpha value is -0.410. The second-order valence-electron chi connectivity index (χ2n) is 4.02. The summed E-state index contributed by atoms with van der Waals surface area (Å²) in [5, 5.41) is 8.65. The molecule has 0 bridgehead atoms. The summed E-state index contributed by atoms with van der Waals surface area (Å²) in [7, 11) is 0. The number of hydrogen-bond acceptors (Lipinski definition) is 3. The van der Waals surface area contributed by atoms with E-state index in [1.807, 2.05) is 6.92 Å². The summed E-state index contributed by atoms with van der Waals surface area (Å²) in [5.74, 6) is 0.464. The van der Waals surface area contributed by atoms with Crippen LogP contribution in [0.3, 0.4) is 0 Å². The normalized spacial score (nSPS) is 17.9. The van der Waals surface area contributed by atoms with E-state index < -0.39 is 0 Å². The molecule has 1 rings (SSSR count). The van der Waals surface area contributed by atoms with Crippen molar-refractivity contribution >= 4 is 5.78 Å². The summed E-state index contributed by atoms with van der Waals surface area (Å²) in [6, 6.07) is 0. The highest BCUT2D eigenvalue weighted by Gasteiger charge is 2.05. The van der Waals surface area contributed by atoms with Gasteiger partial charge in [0, 0.05) is 19.4 Å². The van der Waals surface area contributed by atoms with Gasteiger partial charge in [0.2, 0.25) is 0 Å². The average Bonchev–Trinajstić information content (AvgIpc) is 2.20. The van der Waals surface area contributed by atoms with E-state index in [2.05, 4.69) is 0 Å². The molecule has 3 nitrogen and oxygen atoms in total. The molecular formula is C12H24O3. The zero-order valence-corrected chi connectivity index (χ0v) is 10.00. The fourth-order valence-electron chi connectivity index (χ4n) is 1.34. The zero-order valence-electron chi connectivity index (χ0n) is 10.00. The van der Waals surface area contributed by atoms with Crippen LogP contribution >= 0.6 is 0 Å². The number of aliphatic hydroxyl groups is 1. The maximum atomic E-state index is 10.5. The van der Waals surface area contributed by atoms with Gasteiger partial charge >= 0.3 is 0 Å². The van der Waals surface area contributed by atoms with Crippen molar-refractivity contribution < 1.29 is 14.6 Å². The third-order valence-electron chi connectivity index (χ3n) is 2.12. The van der Waals surface area contributed by atoms with Gasteiger partial charge < -0.3 is 9.84 Å². The Kier molecular flexibility index (Phi) is 9.84. The highest BCUT2D eigenvalue weighted by molar-refractivity contribution is 5.78. The molecule has 1 aliphatic carbocycles. The minimum Gasteiger partial charge on any atom is -0.391 e. The molecular weight excluding hydrogens is 192 g/mol. The van der Waals surface area contributed by atoms with Crippen LogP contribution in [-0.2, 0) is 9.53 Å². The van der Waals surface area contributed by atoms with E-state index >= 15 is 0 Å². The summed E-state index contributed by atoms with van der Waals surface area (Å²) in [6.07, 6.45) is 5.94. The number of hydrogen-bond donors (Lipinski definition) is 1. The first-order chi connectivity index (χ1) is 7.16. The first-order valence-electron chi connectivity index (χ1n) is 5.94. The number of ketones is 1. The molecule has 1 fully saturated rings. The van der Waals surface area contributed by atoms with Crippen LogP contribution in [0.4, 0.5) is 0 Å². The molecule has 0 aromatic heterocycles. The van der Waals surface area contributed by atoms with Gasteiger partial charge in [0.1, 0.15) is 5.78 Å². The fourth-order valence-corrected chi connectivity index (χ4v) is 1.34. The van der Waals surface area contributed by atoms with Gasteiger partial charge in [-0.25, -0.2) is 0 Å². The molecule has 0 amide bonds. The monoisotopic (exact) mass is 216 g/mol. The Labute approximate surface area is 92.8 Å². The van der Waals surface area contributed by atoms with Crippen molar-refractivity contribution in [2.45, 2.75) is 58.5 Å². The van der Waals surface area contributed by atoms with Crippen molar-refractivity contribution in [1.29, 1.82) is 0 Å². The van der Waals surface area contributed by atoms with E-state index in [-0.39, 0.29) is 6.10 Å². The largest absolute Gasteiger partial charge is 0.391 e. The van der Waals surface area contributed by atoms with Crippen LogP contribution in [0.2, 0.25) is 0 Å². The Balaban J connectivity index is 0.000000262. The van der Waals surface area contributed by atoms with Crippen molar-refractivity contribution in [2.24, 2.45) is 0 Å². The smallest absolute Gasteiger partial charge is 0.132 e. The Morgan fingerprint density at radius 3 is 2.27 bits per heavy atom. The van der Waals surface area contributed by atoms with Crippen molar-refractivity contribution in [3.8, 4) is 0 Å². The Morgan fingerprint density at radius 2 is 1.93 bits per heavy atom. The molecule has 1 N–H and O–H groups in total. The number of Topliss-reactive ketones (excluding diaryl/α,β-unsaturated/α-hetero) is 1. The molecule has 0 aliphatic heterocycles. The number of rotatable bonds is 4. The minimum atomic E-state index is -0.318. The van der Waals surface area contributed by atoms with Crippen LogP contribution in [0, 0.1) is 0 Å². The van der Waals surface area contributed by atoms with Gasteiger partial charge in [-0.2, -0.15) is 0 Å². The van der Waals surface area contributed by atoms with Crippen molar-refractivity contribution in [3.63, 3.8) is 0 Å². The highest BCUT2D eigenvalue weighted by Crippen LogP contribution is 2.12. The van der Waals surface area contributed by atoms with E-state index in [1.54, 1.807) is 6.92 Å². The Morgan fingerprint density at radius 1 is 1.33 bits per heavy atom. The SMILES string of the molecule is CCCOCC(C)O.O=C1CCCCC1. The summed E-state index contributed by atoms with van der Waals surface area (Å²) in [6.45, 7) is 4.98. The lowest BCUT2D eigenvalue weighted by Crippen LogP contribution is -2.10. The molecule has 1 unspecified atom stereocenters. The molecule has 0 spiro atoms. The molecule has 0 aromatic rings. The lowest BCUT2D eigenvalue weighted by molar-refractivity contribution is -0.120. The molecule has 1 aliphatic rings. The van der Waals surface area contributed by atoms with Crippen LogP contribution in [0.5, 0.6) is 0 Å². The zero-order chi connectivity index (χ0) is 11.5. The van der Waals surface area contributed by atoms with Gasteiger partial charge in [-0.05, 0) is 26.2 Å². The Bertz CT molecular complexity index is 147. The van der Waals surface area contributed by atoms with E-state index in [4.69, 9.17) is 9.84 Å². The van der Waals surface area contributed by atoms with E-state index in [0.29, 0.717) is 12.4 Å². The predicted molar refractivity (Wildman–Crippen MR) is 60.9 cm³/mol. The van der Waals surface area contributed by atoms with Crippen LogP contribution in [0.15, 0.2) is 0 Å². The van der Waals surface area contributed by atoms with Crippen molar-refractivity contribution in [1.82, 2.24) is 0 Å². The molecule has 90 valence electrons. The van der Waals surface area contributed by atoms with E-state index in [1.165, 1.54) is 6.42 Å². The van der Waals surface area contributed by atoms with Gasteiger partial charge in [-0.3, -0.25) is 4.79 Å². The molecule has 1 atom stereocenters. The molecule has 0 aromatic carbocycles. The highest BCUT2D eigenvalue weighted by atomic mass is 16.5. The number of carbonyl (C=O) groups is 1. The van der Waals surface area contributed by atoms with Crippen molar-refractivity contribution in [2.75, 3.05) is 13.2 Å².